The van der Waals surface area contributed by atoms with Crippen LogP contribution < -0.4 is 5.73 Å². The minimum Gasteiger partial charge on any atom is -0.341 e. The Labute approximate surface area is 108 Å². The smallest absolute Gasteiger partial charge is 0.138 e. The van der Waals surface area contributed by atoms with E-state index in [9.17, 15) is 0 Å². The Bertz CT molecular complexity index is 553. The average molecular weight is 243 g/mol. The Morgan fingerprint density at radius 3 is 2.50 bits per heavy atom. The van der Waals surface area contributed by atoms with Gasteiger partial charge in [0.25, 0.3) is 0 Å². The van der Waals surface area contributed by atoms with Crippen molar-refractivity contribution in [2.75, 3.05) is 0 Å². The van der Waals surface area contributed by atoms with E-state index < -0.39 is 0 Å². The maximum Gasteiger partial charge on any atom is 0.138 e. The highest BCUT2D eigenvalue weighted by atomic mass is 15.0. The van der Waals surface area contributed by atoms with Crippen molar-refractivity contribution in [2.24, 2.45) is 5.73 Å². The van der Waals surface area contributed by atoms with Crippen LogP contribution in [0.1, 0.15) is 42.3 Å². The first kappa shape index (κ1) is 12.8. The third kappa shape index (κ3) is 2.31. The second-order valence-electron chi connectivity index (χ2n) is 5.13. The number of aromatic amines is 1. The highest BCUT2D eigenvalue weighted by Crippen LogP contribution is 2.25. The van der Waals surface area contributed by atoms with Crippen LogP contribution >= 0.6 is 0 Å². The second kappa shape index (κ2) is 4.94. The summed E-state index contributed by atoms with van der Waals surface area (Å²) >= 11 is 0. The van der Waals surface area contributed by atoms with Gasteiger partial charge in [0.05, 0.1) is 11.4 Å². The fourth-order valence-corrected chi connectivity index (χ4v) is 2.26. The maximum atomic E-state index is 5.77. The van der Waals surface area contributed by atoms with E-state index in [0.717, 1.165) is 22.8 Å². The molecule has 0 aliphatic heterocycles. The molecule has 0 amide bonds. The Hall–Kier alpha value is -1.61. The lowest BCUT2D eigenvalue weighted by molar-refractivity contribution is 0.806. The van der Waals surface area contributed by atoms with Gasteiger partial charge < -0.3 is 10.7 Å². The molecule has 1 heterocycles. The highest BCUT2D eigenvalue weighted by molar-refractivity contribution is 5.61. The number of hydrogen-bond acceptors (Lipinski definition) is 2. The SMILES string of the molecule is Cc1ccc(-c2nc(C(C)C)c(CN)[nH]2)c(C)c1. The minimum absolute atomic E-state index is 0.388. The van der Waals surface area contributed by atoms with Crippen molar-refractivity contribution in [3.05, 3.63) is 40.7 Å². The molecule has 18 heavy (non-hydrogen) atoms. The summed E-state index contributed by atoms with van der Waals surface area (Å²) in [6.45, 7) is 9.00. The van der Waals surface area contributed by atoms with Gasteiger partial charge in [0.15, 0.2) is 0 Å². The zero-order valence-electron chi connectivity index (χ0n) is 11.5. The lowest BCUT2D eigenvalue weighted by atomic mass is 10.1. The summed E-state index contributed by atoms with van der Waals surface area (Å²) in [6, 6.07) is 6.41. The van der Waals surface area contributed by atoms with Crippen LogP contribution in [0.4, 0.5) is 0 Å². The van der Waals surface area contributed by atoms with Gasteiger partial charge in [0.1, 0.15) is 5.82 Å². The molecule has 96 valence electrons. The Morgan fingerprint density at radius 1 is 1.28 bits per heavy atom. The molecule has 0 saturated heterocycles. The van der Waals surface area contributed by atoms with E-state index in [1.54, 1.807) is 0 Å². The fourth-order valence-electron chi connectivity index (χ4n) is 2.26. The number of rotatable bonds is 3. The number of hydrogen-bond donors (Lipinski definition) is 2. The summed E-state index contributed by atoms with van der Waals surface area (Å²) in [7, 11) is 0. The number of imidazole rings is 1. The molecule has 3 nitrogen and oxygen atoms in total. The fraction of sp³-hybridized carbons (Fsp3) is 0.400. The van der Waals surface area contributed by atoms with Crippen LogP contribution in [-0.4, -0.2) is 9.97 Å². The van der Waals surface area contributed by atoms with Crippen molar-refractivity contribution in [1.29, 1.82) is 0 Å². The Balaban J connectivity index is 2.51. The number of aromatic nitrogens is 2. The van der Waals surface area contributed by atoms with E-state index >= 15 is 0 Å². The van der Waals surface area contributed by atoms with Gasteiger partial charge in [-0.3, -0.25) is 0 Å². The summed E-state index contributed by atoms with van der Waals surface area (Å²) in [5.41, 5.74) is 11.6. The molecular formula is C15H21N3. The Kier molecular flexibility index (Phi) is 3.53. The average Bonchev–Trinajstić information content (AvgIpc) is 2.73. The van der Waals surface area contributed by atoms with Gasteiger partial charge >= 0.3 is 0 Å². The van der Waals surface area contributed by atoms with Crippen molar-refractivity contribution in [3.63, 3.8) is 0 Å². The lowest BCUT2D eigenvalue weighted by Crippen LogP contribution is -2.02. The van der Waals surface area contributed by atoms with Gasteiger partial charge in [-0.15, -0.1) is 0 Å². The first-order valence-corrected chi connectivity index (χ1v) is 6.39. The van der Waals surface area contributed by atoms with Crippen LogP contribution in [0, 0.1) is 13.8 Å². The molecule has 2 rings (SSSR count). The molecular weight excluding hydrogens is 222 g/mol. The number of H-pyrrole nitrogens is 1. The van der Waals surface area contributed by atoms with Crippen molar-refractivity contribution < 1.29 is 0 Å². The van der Waals surface area contributed by atoms with Gasteiger partial charge in [0, 0.05) is 12.1 Å². The van der Waals surface area contributed by atoms with Gasteiger partial charge in [-0.1, -0.05) is 37.6 Å². The van der Waals surface area contributed by atoms with Crippen LogP contribution in [0.25, 0.3) is 11.4 Å². The molecule has 3 N–H and O–H groups in total. The second-order valence-corrected chi connectivity index (χ2v) is 5.13. The van der Waals surface area contributed by atoms with Crippen molar-refractivity contribution in [3.8, 4) is 11.4 Å². The predicted octanol–water partition coefficient (Wildman–Crippen LogP) is 3.28. The molecule has 0 spiro atoms. The molecule has 0 saturated carbocycles. The molecule has 0 bridgehead atoms. The quantitative estimate of drug-likeness (QED) is 0.869. The first-order chi connectivity index (χ1) is 8.52. The zero-order chi connectivity index (χ0) is 13.3. The van der Waals surface area contributed by atoms with Crippen molar-refractivity contribution in [2.45, 2.75) is 40.2 Å². The van der Waals surface area contributed by atoms with Gasteiger partial charge in [-0.25, -0.2) is 4.98 Å². The van der Waals surface area contributed by atoms with E-state index in [4.69, 9.17) is 10.7 Å². The Morgan fingerprint density at radius 2 is 2.00 bits per heavy atom. The highest BCUT2D eigenvalue weighted by Gasteiger charge is 2.14. The number of benzene rings is 1. The number of nitrogens with two attached hydrogens (primary N) is 1. The summed E-state index contributed by atoms with van der Waals surface area (Å²) in [4.78, 5) is 8.06. The van der Waals surface area contributed by atoms with E-state index in [0.29, 0.717) is 12.5 Å². The van der Waals surface area contributed by atoms with Gasteiger partial charge in [-0.05, 0) is 25.3 Å². The standard InChI is InChI=1S/C15H21N3/c1-9(2)14-13(8-16)17-15(18-14)12-6-5-10(3)7-11(12)4/h5-7,9H,8,16H2,1-4H3,(H,17,18). The summed E-state index contributed by atoms with van der Waals surface area (Å²) < 4.78 is 0. The summed E-state index contributed by atoms with van der Waals surface area (Å²) in [5, 5.41) is 0. The normalized spacial score (nSPS) is 11.2. The lowest BCUT2D eigenvalue weighted by Gasteiger charge is -2.03. The van der Waals surface area contributed by atoms with E-state index in [1.165, 1.54) is 11.1 Å². The summed E-state index contributed by atoms with van der Waals surface area (Å²) in [6.07, 6.45) is 0. The molecule has 0 fully saturated rings. The molecule has 1 aromatic heterocycles. The molecule has 1 aromatic carbocycles. The number of aryl methyl sites for hydroxylation is 2. The van der Waals surface area contributed by atoms with Crippen LogP contribution in [0.15, 0.2) is 18.2 Å². The molecule has 0 aliphatic carbocycles. The topological polar surface area (TPSA) is 54.7 Å². The number of nitrogens with zero attached hydrogens (tertiary/aromatic N) is 1. The molecule has 0 unspecified atom stereocenters. The van der Waals surface area contributed by atoms with Crippen molar-refractivity contribution >= 4 is 0 Å². The number of nitrogens with one attached hydrogen (secondary N) is 1. The van der Waals surface area contributed by atoms with Crippen LogP contribution in [0.5, 0.6) is 0 Å². The minimum atomic E-state index is 0.388. The van der Waals surface area contributed by atoms with Gasteiger partial charge in [-0.2, -0.15) is 0 Å². The predicted molar refractivity (Wildman–Crippen MR) is 75.5 cm³/mol. The van der Waals surface area contributed by atoms with E-state index in [-0.39, 0.29) is 0 Å². The van der Waals surface area contributed by atoms with Gasteiger partial charge in [0.2, 0.25) is 0 Å². The first-order valence-electron chi connectivity index (χ1n) is 6.39. The molecule has 3 heteroatoms. The van der Waals surface area contributed by atoms with Crippen molar-refractivity contribution in [1.82, 2.24) is 9.97 Å². The molecule has 0 aliphatic rings. The molecule has 0 radical (unpaired) electrons. The maximum absolute atomic E-state index is 5.77. The monoisotopic (exact) mass is 243 g/mol. The molecule has 0 atom stereocenters. The molecule has 2 aromatic rings. The van der Waals surface area contributed by atoms with Crippen LogP contribution in [-0.2, 0) is 6.54 Å². The summed E-state index contributed by atoms with van der Waals surface area (Å²) in [5.74, 6) is 1.32. The third-order valence-electron chi connectivity index (χ3n) is 3.20. The van der Waals surface area contributed by atoms with E-state index in [1.807, 2.05) is 0 Å². The largest absolute Gasteiger partial charge is 0.341 e. The van der Waals surface area contributed by atoms with Crippen LogP contribution in [0.2, 0.25) is 0 Å². The van der Waals surface area contributed by atoms with E-state index in [2.05, 4.69) is 50.9 Å². The zero-order valence-corrected chi connectivity index (χ0v) is 11.5. The van der Waals surface area contributed by atoms with Crippen LogP contribution in [0.3, 0.4) is 0 Å². The third-order valence-corrected chi connectivity index (χ3v) is 3.20.